The van der Waals surface area contributed by atoms with Crippen molar-refractivity contribution < 1.29 is 4.74 Å². The van der Waals surface area contributed by atoms with Crippen molar-refractivity contribution in [3.05, 3.63) is 21.9 Å². The lowest BCUT2D eigenvalue weighted by molar-refractivity contribution is 0.0346. The lowest BCUT2D eigenvalue weighted by Gasteiger charge is -2.25. The van der Waals surface area contributed by atoms with Gasteiger partial charge in [-0.25, -0.2) is 0 Å². The standard InChI is InChI=1S/C12H20N2OS/c13-5-1-2-11-3-4-12(16-11)10-14-6-8-15-9-7-14/h3-4H,1-2,5-10,13H2. The van der Waals surface area contributed by atoms with E-state index < -0.39 is 0 Å². The van der Waals surface area contributed by atoms with Gasteiger partial charge in [-0.2, -0.15) is 0 Å². The fourth-order valence-corrected chi connectivity index (χ4v) is 3.00. The van der Waals surface area contributed by atoms with Gasteiger partial charge in [-0.15, -0.1) is 11.3 Å². The topological polar surface area (TPSA) is 38.5 Å². The third-order valence-electron chi connectivity index (χ3n) is 2.83. The molecule has 90 valence electrons. The number of nitrogens with two attached hydrogens (primary N) is 1. The third-order valence-corrected chi connectivity index (χ3v) is 3.96. The first-order valence-electron chi connectivity index (χ1n) is 5.96. The van der Waals surface area contributed by atoms with Gasteiger partial charge in [-0.05, 0) is 31.5 Å². The van der Waals surface area contributed by atoms with Crippen LogP contribution in [0.2, 0.25) is 0 Å². The zero-order chi connectivity index (χ0) is 11.2. The number of aryl methyl sites for hydroxylation is 1. The molecule has 0 unspecified atom stereocenters. The number of nitrogens with zero attached hydrogens (tertiary/aromatic N) is 1. The average molecular weight is 240 g/mol. The molecule has 1 aliphatic heterocycles. The molecule has 2 heterocycles. The molecule has 0 atom stereocenters. The summed E-state index contributed by atoms with van der Waals surface area (Å²) in [5.74, 6) is 0. The van der Waals surface area contributed by atoms with Crippen molar-refractivity contribution >= 4 is 11.3 Å². The van der Waals surface area contributed by atoms with Gasteiger partial charge < -0.3 is 10.5 Å². The molecule has 0 spiro atoms. The van der Waals surface area contributed by atoms with Crippen LogP contribution in [0.5, 0.6) is 0 Å². The van der Waals surface area contributed by atoms with Crippen molar-refractivity contribution in [3.63, 3.8) is 0 Å². The van der Waals surface area contributed by atoms with E-state index in [1.54, 1.807) is 0 Å². The molecule has 1 fully saturated rings. The van der Waals surface area contributed by atoms with Crippen LogP contribution in [0.25, 0.3) is 0 Å². The van der Waals surface area contributed by atoms with Crippen LogP contribution in [0, 0.1) is 0 Å². The molecule has 1 aromatic rings. The largest absolute Gasteiger partial charge is 0.379 e. The zero-order valence-corrected chi connectivity index (χ0v) is 10.5. The van der Waals surface area contributed by atoms with Crippen molar-refractivity contribution in [1.29, 1.82) is 0 Å². The molecular weight excluding hydrogens is 220 g/mol. The van der Waals surface area contributed by atoms with Crippen molar-refractivity contribution in [3.8, 4) is 0 Å². The van der Waals surface area contributed by atoms with Gasteiger partial charge in [0.2, 0.25) is 0 Å². The van der Waals surface area contributed by atoms with Crippen LogP contribution in [0.3, 0.4) is 0 Å². The van der Waals surface area contributed by atoms with E-state index in [-0.39, 0.29) is 0 Å². The van der Waals surface area contributed by atoms with Crippen LogP contribution in [0.1, 0.15) is 16.2 Å². The predicted molar refractivity (Wildman–Crippen MR) is 67.8 cm³/mol. The number of rotatable bonds is 5. The van der Waals surface area contributed by atoms with Crippen LogP contribution < -0.4 is 5.73 Å². The highest BCUT2D eigenvalue weighted by Crippen LogP contribution is 2.19. The van der Waals surface area contributed by atoms with E-state index in [0.717, 1.165) is 52.2 Å². The second-order valence-electron chi connectivity index (χ2n) is 4.15. The van der Waals surface area contributed by atoms with Crippen LogP contribution in [-0.2, 0) is 17.7 Å². The normalized spacial score (nSPS) is 17.8. The number of ether oxygens (including phenoxy) is 1. The summed E-state index contributed by atoms with van der Waals surface area (Å²) in [4.78, 5) is 5.39. The van der Waals surface area contributed by atoms with Crippen LogP contribution in [-0.4, -0.2) is 37.7 Å². The van der Waals surface area contributed by atoms with Gasteiger partial charge in [0, 0.05) is 29.4 Å². The van der Waals surface area contributed by atoms with Crippen LogP contribution in [0.4, 0.5) is 0 Å². The molecule has 1 aromatic heterocycles. The minimum atomic E-state index is 0.788. The second kappa shape index (κ2) is 6.35. The maximum Gasteiger partial charge on any atom is 0.0594 e. The minimum Gasteiger partial charge on any atom is -0.379 e. The van der Waals surface area contributed by atoms with Gasteiger partial charge in [-0.1, -0.05) is 0 Å². The molecule has 16 heavy (non-hydrogen) atoms. The summed E-state index contributed by atoms with van der Waals surface area (Å²) in [7, 11) is 0. The Morgan fingerprint density at radius 1 is 1.25 bits per heavy atom. The number of morpholine rings is 1. The van der Waals surface area contributed by atoms with E-state index in [9.17, 15) is 0 Å². The zero-order valence-electron chi connectivity index (χ0n) is 9.65. The minimum absolute atomic E-state index is 0.788. The molecule has 4 heteroatoms. The van der Waals surface area contributed by atoms with E-state index in [4.69, 9.17) is 10.5 Å². The molecule has 0 aliphatic carbocycles. The van der Waals surface area contributed by atoms with Gasteiger partial charge in [0.15, 0.2) is 0 Å². The SMILES string of the molecule is NCCCc1ccc(CN2CCOCC2)s1. The molecule has 0 aromatic carbocycles. The van der Waals surface area contributed by atoms with E-state index in [1.165, 1.54) is 9.75 Å². The van der Waals surface area contributed by atoms with Gasteiger partial charge in [0.1, 0.15) is 0 Å². The molecule has 3 nitrogen and oxygen atoms in total. The molecule has 0 radical (unpaired) electrons. The van der Waals surface area contributed by atoms with E-state index >= 15 is 0 Å². The summed E-state index contributed by atoms with van der Waals surface area (Å²) < 4.78 is 5.34. The molecule has 0 saturated carbocycles. The van der Waals surface area contributed by atoms with Gasteiger partial charge in [0.05, 0.1) is 13.2 Å². The Labute approximate surface area is 101 Å². The maximum atomic E-state index is 5.52. The van der Waals surface area contributed by atoms with E-state index in [1.807, 2.05) is 11.3 Å². The number of thiophene rings is 1. The Kier molecular flexibility index (Phi) is 4.78. The van der Waals surface area contributed by atoms with Gasteiger partial charge in [-0.3, -0.25) is 4.90 Å². The Morgan fingerprint density at radius 2 is 2.00 bits per heavy atom. The second-order valence-corrected chi connectivity index (χ2v) is 5.40. The van der Waals surface area contributed by atoms with Gasteiger partial charge in [0.25, 0.3) is 0 Å². The lowest BCUT2D eigenvalue weighted by Crippen LogP contribution is -2.35. The highest BCUT2D eigenvalue weighted by Gasteiger charge is 2.11. The molecule has 2 N–H and O–H groups in total. The summed E-state index contributed by atoms with van der Waals surface area (Å²) in [6.45, 7) is 5.76. The smallest absolute Gasteiger partial charge is 0.0594 e. The Balaban J connectivity index is 1.81. The summed E-state index contributed by atoms with van der Waals surface area (Å²) in [6.07, 6.45) is 2.22. The van der Waals surface area contributed by atoms with Crippen molar-refractivity contribution in [2.24, 2.45) is 5.73 Å². The fourth-order valence-electron chi connectivity index (χ4n) is 1.90. The van der Waals surface area contributed by atoms with E-state index in [2.05, 4.69) is 17.0 Å². The average Bonchev–Trinajstić information content (AvgIpc) is 2.75. The Bertz CT molecular complexity index is 308. The first-order chi connectivity index (χ1) is 7.88. The quantitative estimate of drug-likeness (QED) is 0.847. The van der Waals surface area contributed by atoms with Crippen molar-refractivity contribution in [2.45, 2.75) is 19.4 Å². The fraction of sp³-hybridized carbons (Fsp3) is 0.667. The summed E-state index contributed by atoms with van der Waals surface area (Å²) in [5, 5.41) is 0. The molecule has 2 rings (SSSR count). The monoisotopic (exact) mass is 240 g/mol. The number of hydrogen-bond donors (Lipinski definition) is 1. The van der Waals surface area contributed by atoms with Gasteiger partial charge >= 0.3 is 0 Å². The highest BCUT2D eigenvalue weighted by molar-refractivity contribution is 7.11. The summed E-state index contributed by atoms with van der Waals surface area (Å²) in [5.41, 5.74) is 5.52. The molecule has 0 bridgehead atoms. The summed E-state index contributed by atoms with van der Waals surface area (Å²) >= 11 is 1.93. The lowest BCUT2D eigenvalue weighted by atomic mass is 10.2. The molecule has 0 amide bonds. The van der Waals surface area contributed by atoms with Crippen LogP contribution in [0.15, 0.2) is 12.1 Å². The summed E-state index contributed by atoms with van der Waals surface area (Å²) in [6, 6.07) is 4.50. The van der Waals surface area contributed by atoms with Crippen molar-refractivity contribution in [2.75, 3.05) is 32.8 Å². The Morgan fingerprint density at radius 3 is 2.75 bits per heavy atom. The van der Waals surface area contributed by atoms with Crippen LogP contribution >= 0.6 is 11.3 Å². The predicted octanol–water partition coefficient (Wildman–Crippen LogP) is 1.47. The van der Waals surface area contributed by atoms with Crippen molar-refractivity contribution in [1.82, 2.24) is 4.90 Å². The first-order valence-corrected chi connectivity index (χ1v) is 6.78. The molecule has 1 saturated heterocycles. The molecule has 1 aliphatic rings. The maximum absolute atomic E-state index is 5.52. The highest BCUT2D eigenvalue weighted by atomic mass is 32.1. The van der Waals surface area contributed by atoms with E-state index in [0.29, 0.717) is 0 Å². The Hall–Kier alpha value is -0.420. The number of hydrogen-bond acceptors (Lipinski definition) is 4. The third kappa shape index (κ3) is 3.56. The molecular formula is C12H20N2OS. The first kappa shape index (κ1) is 12.0.